The molecule has 0 fully saturated rings. The zero-order chi connectivity index (χ0) is 22.2. The van der Waals surface area contributed by atoms with E-state index < -0.39 is 18.5 Å². The summed E-state index contributed by atoms with van der Waals surface area (Å²) in [6.07, 6.45) is 2.77. The van der Waals surface area contributed by atoms with Crippen LogP contribution in [-0.2, 0) is 14.3 Å². The number of methoxy groups -OCH3 is 3. The first-order chi connectivity index (χ1) is 15.0. The molecule has 0 spiro atoms. The van der Waals surface area contributed by atoms with Gasteiger partial charge < -0.3 is 24.3 Å². The maximum Gasteiger partial charge on any atom is 0.331 e. The first-order valence-electron chi connectivity index (χ1n) is 9.48. The largest absolute Gasteiger partial charge is 0.493 e. The van der Waals surface area contributed by atoms with Gasteiger partial charge in [0.1, 0.15) is 0 Å². The molecule has 1 amide bonds. The molecule has 0 radical (unpaired) electrons. The quantitative estimate of drug-likeness (QED) is 0.436. The molecule has 0 saturated heterocycles. The Balaban J connectivity index is 1.61. The number of hydrogen-bond donors (Lipinski definition) is 1. The lowest BCUT2D eigenvalue weighted by Crippen LogP contribution is -2.20. The van der Waals surface area contributed by atoms with Crippen LogP contribution in [0.2, 0.25) is 0 Å². The van der Waals surface area contributed by atoms with Crippen molar-refractivity contribution in [1.29, 1.82) is 0 Å². The summed E-state index contributed by atoms with van der Waals surface area (Å²) in [4.78, 5) is 24.3. The minimum atomic E-state index is -0.651. The molecule has 7 heteroatoms. The molecule has 160 valence electrons. The molecule has 0 atom stereocenters. The number of esters is 1. The molecule has 7 nitrogen and oxygen atoms in total. The normalized spacial score (nSPS) is 10.7. The van der Waals surface area contributed by atoms with Crippen molar-refractivity contribution in [2.24, 2.45) is 0 Å². The lowest BCUT2D eigenvalue weighted by atomic mass is 10.1. The first-order valence-corrected chi connectivity index (χ1v) is 9.48. The van der Waals surface area contributed by atoms with E-state index in [1.54, 1.807) is 18.2 Å². The van der Waals surface area contributed by atoms with Gasteiger partial charge in [0.2, 0.25) is 5.75 Å². The highest BCUT2D eigenvalue weighted by Gasteiger charge is 2.12. The van der Waals surface area contributed by atoms with Gasteiger partial charge in [0.25, 0.3) is 5.91 Å². The van der Waals surface area contributed by atoms with Crippen molar-refractivity contribution in [2.45, 2.75) is 0 Å². The van der Waals surface area contributed by atoms with Gasteiger partial charge in [0, 0.05) is 17.1 Å². The van der Waals surface area contributed by atoms with Crippen LogP contribution < -0.4 is 19.5 Å². The molecule has 3 aromatic rings. The van der Waals surface area contributed by atoms with E-state index in [-0.39, 0.29) is 0 Å². The molecule has 0 bridgehead atoms. The highest BCUT2D eigenvalue weighted by Crippen LogP contribution is 2.38. The van der Waals surface area contributed by atoms with Crippen molar-refractivity contribution < 1.29 is 28.5 Å². The molecule has 0 aromatic heterocycles. The van der Waals surface area contributed by atoms with Crippen molar-refractivity contribution in [3.8, 4) is 17.2 Å². The van der Waals surface area contributed by atoms with Crippen LogP contribution in [0.4, 0.5) is 5.69 Å². The predicted molar refractivity (Wildman–Crippen MR) is 119 cm³/mol. The van der Waals surface area contributed by atoms with Crippen molar-refractivity contribution in [2.75, 3.05) is 33.3 Å². The first kappa shape index (κ1) is 21.7. The third-order valence-electron chi connectivity index (χ3n) is 4.51. The summed E-state index contributed by atoms with van der Waals surface area (Å²) in [7, 11) is 4.53. The van der Waals surface area contributed by atoms with Gasteiger partial charge in [-0.25, -0.2) is 4.79 Å². The van der Waals surface area contributed by atoms with Crippen LogP contribution in [0.1, 0.15) is 5.56 Å². The molecule has 1 N–H and O–H groups in total. The number of fused-ring (bicyclic) bond motifs is 1. The predicted octanol–water partition coefficient (Wildman–Crippen LogP) is 4.06. The number of rotatable bonds is 8. The Bertz CT molecular complexity index is 1090. The van der Waals surface area contributed by atoms with Gasteiger partial charge in [0.05, 0.1) is 21.3 Å². The van der Waals surface area contributed by atoms with Crippen molar-refractivity contribution in [3.63, 3.8) is 0 Å². The number of benzene rings is 3. The Kier molecular flexibility index (Phi) is 7.11. The zero-order valence-electron chi connectivity index (χ0n) is 17.5. The number of carbonyl (C=O) groups excluding carboxylic acids is 2. The zero-order valence-corrected chi connectivity index (χ0v) is 17.5. The Hall–Kier alpha value is -4.00. The highest BCUT2D eigenvalue weighted by atomic mass is 16.5. The smallest absolute Gasteiger partial charge is 0.331 e. The van der Waals surface area contributed by atoms with Crippen LogP contribution in [0.3, 0.4) is 0 Å². The summed E-state index contributed by atoms with van der Waals surface area (Å²) in [6, 6.07) is 16.7. The molecule has 0 aliphatic rings. The lowest BCUT2D eigenvalue weighted by molar-refractivity contribution is -0.142. The Labute approximate surface area is 180 Å². The van der Waals surface area contributed by atoms with E-state index >= 15 is 0 Å². The SMILES string of the molecule is COc1cc(/C=C/C(=O)OCC(=O)Nc2cccc3ccccc23)cc(OC)c1OC. The van der Waals surface area contributed by atoms with E-state index in [4.69, 9.17) is 18.9 Å². The van der Waals surface area contributed by atoms with Crippen LogP contribution in [0.5, 0.6) is 17.2 Å². The summed E-state index contributed by atoms with van der Waals surface area (Å²) >= 11 is 0. The van der Waals surface area contributed by atoms with Gasteiger partial charge in [-0.3, -0.25) is 4.79 Å². The van der Waals surface area contributed by atoms with E-state index in [1.165, 1.54) is 33.5 Å². The topological polar surface area (TPSA) is 83.1 Å². The molecule has 0 aliphatic carbocycles. The molecule has 0 saturated carbocycles. The van der Waals surface area contributed by atoms with Crippen molar-refractivity contribution in [1.82, 2.24) is 0 Å². The molecule has 3 rings (SSSR count). The number of nitrogens with one attached hydrogen (secondary N) is 1. The Morgan fingerprint density at radius 1 is 0.903 bits per heavy atom. The number of anilines is 1. The summed E-state index contributed by atoms with van der Waals surface area (Å²) < 4.78 is 20.9. The van der Waals surface area contributed by atoms with Crippen LogP contribution in [0.25, 0.3) is 16.8 Å². The van der Waals surface area contributed by atoms with Gasteiger partial charge >= 0.3 is 5.97 Å². The van der Waals surface area contributed by atoms with Gasteiger partial charge in [-0.15, -0.1) is 0 Å². The Morgan fingerprint density at radius 2 is 1.58 bits per heavy atom. The van der Waals surface area contributed by atoms with Crippen LogP contribution in [-0.4, -0.2) is 39.8 Å². The summed E-state index contributed by atoms with van der Waals surface area (Å²) in [6.45, 7) is -0.401. The van der Waals surface area contributed by atoms with Gasteiger partial charge in [-0.1, -0.05) is 36.4 Å². The number of amides is 1. The third-order valence-corrected chi connectivity index (χ3v) is 4.51. The van der Waals surface area contributed by atoms with Gasteiger partial charge in [0.15, 0.2) is 18.1 Å². The molecule has 31 heavy (non-hydrogen) atoms. The van der Waals surface area contributed by atoms with Crippen LogP contribution in [0.15, 0.2) is 60.7 Å². The van der Waals surface area contributed by atoms with E-state index in [9.17, 15) is 9.59 Å². The van der Waals surface area contributed by atoms with Crippen molar-refractivity contribution in [3.05, 3.63) is 66.2 Å². The fourth-order valence-corrected chi connectivity index (χ4v) is 3.07. The summed E-state index contributed by atoms with van der Waals surface area (Å²) in [5.41, 5.74) is 1.30. The van der Waals surface area contributed by atoms with Crippen LogP contribution >= 0.6 is 0 Å². The van der Waals surface area contributed by atoms with Crippen molar-refractivity contribution >= 4 is 34.4 Å². The fraction of sp³-hybridized carbons (Fsp3) is 0.167. The minimum Gasteiger partial charge on any atom is -0.493 e. The fourth-order valence-electron chi connectivity index (χ4n) is 3.07. The molecule has 0 heterocycles. The van der Waals surface area contributed by atoms with Gasteiger partial charge in [-0.05, 0) is 35.2 Å². The molecular formula is C24H23NO6. The number of ether oxygens (including phenoxy) is 4. The molecule has 0 unspecified atom stereocenters. The van der Waals surface area contributed by atoms with E-state index in [0.717, 1.165) is 10.8 Å². The maximum absolute atomic E-state index is 12.2. The van der Waals surface area contributed by atoms with Gasteiger partial charge in [-0.2, -0.15) is 0 Å². The highest BCUT2D eigenvalue weighted by molar-refractivity contribution is 6.03. The standard InChI is InChI=1S/C24H23NO6/c1-28-20-13-16(14-21(29-2)24(20)30-3)11-12-23(27)31-15-22(26)25-19-10-6-8-17-7-4-5-9-18(17)19/h4-14H,15H2,1-3H3,(H,25,26)/b12-11+. The number of carbonyl (C=O) groups is 2. The number of hydrogen-bond acceptors (Lipinski definition) is 6. The average Bonchev–Trinajstić information content (AvgIpc) is 2.80. The second kappa shape index (κ2) is 10.2. The second-order valence-corrected chi connectivity index (χ2v) is 6.47. The lowest BCUT2D eigenvalue weighted by Gasteiger charge is -2.12. The van der Waals surface area contributed by atoms with Crippen LogP contribution in [0, 0.1) is 0 Å². The van der Waals surface area contributed by atoms with E-state index in [2.05, 4.69) is 5.32 Å². The molecular weight excluding hydrogens is 398 g/mol. The third kappa shape index (κ3) is 5.33. The Morgan fingerprint density at radius 3 is 2.26 bits per heavy atom. The summed E-state index contributed by atoms with van der Waals surface area (Å²) in [5.74, 6) is 0.302. The molecule has 0 aliphatic heterocycles. The van der Waals surface area contributed by atoms with E-state index in [1.807, 2.05) is 36.4 Å². The van der Waals surface area contributed by atoms with E-state index in [0.29, 0.717) is 28.5 Å². The minimum absolute atomic E-state index is 0.401. The molecule has 3 aromatic carbocycles. The summed E-state index contributed by atoms with van der Waals surface area (Å²) in [5, 5.41) is 4.68. The maximum atomic E-state index is 12.2. The average molecular weight is 421 g/mol. The second-order valence-electron chi connectivity index (χ2n) is 6.47. The monoisotopic (exact) mass is 421 g/mol.